The number of hydrogen-bond acceptors (Lipinski definition) is 14. The molecule has 1 amide bonds. The summed E-state index contributed by atoms with van der Waals surface area (Å²) in [5.41, 5.74) is 1.25. The Hall–Kier alpha value is -3.14. The molecule has 69 heavy (non-hydrogen) atoms. The standard InChI is InChI=1S/C53H84NO14P/c1-32-18-14-13-15-19-33(2)44(63-8)30-40-23-21-38(7)53(61,67-40)50(58)51(59)54-25-17-16-20-41(54)52(60)66-45(35(4)28-39-22-24-43(46(29-39)64-9)68-69(11,12)62)31-42(55)34(3)27-37(6)48(57)49(65-10)47(56)36(5)26-32/h13-15,18-19,27,32,34-36,38-41,43-46,48-49,57,61H,16-17,20-26,28-31H2,1-12H3/b15-13+,18-14+,33-19?,37-27-/t32-,34-,35-,36-,38-,39+,40+,41+,43-,44+,45+,46-,48-,49+,53-/m1/s1. The first-order valence-electron chi connectivity index (χ1n) is 25.2. The van der Waals surface area contributed by atoms with Crippen LogP contribution in [0, 0.1) is 35.5 Å². The zero-order chi connectivity index (χ0) is 51.4. The highest BCUT2D eigenvalue weighted by Crippen LogP contribution is 2.45. The van der Waals surface area contributed by atoms with Gasteiger partial charge in [0.2, 0.25) is 5.79 Å². The number of carbonyl (C=O) groups is 5. The summed E-state index contributed by atoms with van der Waals surface area (Å²) in [6.45, 7) is 15.9. The van der Waals surface area contributed by atoms with Crippen molar-refractivity contribution in [3.63, 3.8) is 0 Å². The second-order valence-electron chi connectivity index (χ2n) is 20.9. The lowest BCUT2D eigenvalue weighted by molar-refractivity contribution is -0.265. The van der Waals surface area contributed by atoms with E-state index in [1.807, 2.05) is 58.1 Å². The molecule has 2 saturated heterocycles. The molecule has 3 heterocycles. The second kappa shape index (κ2) is 26.5. The van der Waals surface area contributed by atoms with Crippen LogP contribution in [0.5, 0.6) is 0 Å². The average molecular weight is 990 g/mol. The molecule has 0 aromatic carbocycles. The van der Waals surface area contributed by atoms with Crippen molar-refractivity contribution in [1.29, 1.82) is 0 Å². The van der Waals surface area contributed by atoms with Crippen molar-refractivity contribution < 1.29 is 67.0 Å². The number of amides is 1. The van der Waals surface area contributed by atoms with Gasteiger partial charge in [-0.25, -0.2) is 4.79 Å². The largest absolute Gasteiger partial charge is 0.460 e. The van der Waals surface area contributed by atoms with Crippen LogP contribution in [0.1, 0.15) is 126 Å². The fourth-order valence-corrected chi connectivity index (χ4v) is 11.4. The van der Waals surface area contributed by atoms with Crippen molar-refractivity contribution >= 4 is 36.6 Å². The molecule has 1 saturated carbocycles. The summed E-state index contributed by atoms with van der Waals surface area (Å²) in [7, 11) is 1.76. The van der Waals surface area contributed by atoms with E-state index in [1.165, 1.54) is 12.0 Å². The Kier molecular flexibility index (Phi) is 22.5. The van der Waals surface area contributed by atoms with E-state index >= 15 is 0 Å². The predicted molar refractivity (Wildman–Crippen MR) is 263 cm³/mol. The third-order valence-electron chi connectivity index (χ3n) is 14.8. The molecule has 2 bridgehead atoms. The van der Waals surface area contributed by atoms with Crippen LogP contribution in [-0.4, -0.2) is 140 Å². The Balaban J connectivity index is 1.70. The number of fused-ring (bicyclic) bond motifs is 3. The molecule has 15 nitrogen and oxygen atoms in total. The molecule has 16 heteroatoms. The van der Waals surface area contributed by atoms with Crippen molar-refractivity contribution in [2.24, 2.45) is 35.5 Å². The SMILES string of the molecule is CO[C@H]1C[C@@H]2CC[C@@H](C)[C@@](O)(O2)C(=O)C(=O)N2CCCC[C@H]2C(=O)O[C@H]([C@H](C)C[C@@H]2CC[C@@H](OP(C)(C)=O)[C@H](OC)C2)CC(=O)[C@H](C)/C=C(/C)[C@@H](O)[C@@H](OC)C(=O)[C@H](C)C[C@H](C)/C=C/C=C/C=C1C. The molecule has 0 unspecified atom stereocenters. The number of aliphatic hydroxyl groups is 2. The zero-order valence-corrected chi connectivity index (χ0v) is 44.3. The van der Waals surface area contributed by atoms with Crippen LogP contribution in [-0.2, 0) is 56.7 Å². The Labute approximate surface area is 411 Å². The fourth-order valence-electron chi connectivity index (χ4n) is 10.5. The summed E-state index contributed by atoms with van der Waals surface area (Å²) in [6.07, 6.45) is 11.4. The number of aliphatic hydroxyl groups excluding tert-OH is 1. The first kappa shape index (κ1) is 58.4. The van der Waals surface area contributed by atoms with Crippen LogP contribution in [0.25, 0.3) is 0 Å². The lowest BCUT2D eigenvalue weighted by atomic mass is 9.78. The first-order valence-corrected chi connectivity index (χ1v) is 27.7. The Morgan fingerprint density at radius 1 is 0.855 bits per heavy atom. The van der Waals surface area contributed by atoms with Gasteiger partial charge in [-0.2, -0.15) is 0 Å². The van der Waals surface area contributed by atoms with E-state index in [0.717, 1.165) is 12.0 Å². The van der Waals surface area contributed by atoms with Gasteiger partial charge < -0.3 is 43.3 Å². The van der Waals surface area contributed by atoms with E-state index in [0.29, 0.717) is 63.4 Å². The molecule has 4 rings (SSSR count). The molecule has 15 atom stereocenters. The number of methoxy groups -OCH3 is 3. The maximum Gasteiger partial charge on any atom is 0.329 e. The maximum absolute atomic E-state index is 14.5. The minimum Gasteiger partial charge on any atom is -0.460 e. The molecule has 3 aliphatic heterocycles. The van der Waals surface area contributed by atoms with Gasteiger partial charge in [-0.15, -0.1) is 0 Å². The average Bonchev–Trinajstić information content (AvgIpc) is 3.30. The minimum atomic E-state index is -2.79. The van der Waals surface area contributed by atoms with Gasteiger partial charge in [0.15, 0.2) is 13.2 Å². The number of ketones is 3. The summed E-state index contributed by atoms with van der Waals surface area (Å²) < 4.78 is 48.2. The number of rotatable bonds is 8. The number of allylic oxidation sites excluding steroid dienone is 6. The summed E-state index contributed by atoms with van der Waals surface area (Å²) in [5, 5.41) is 23.5. The molecular formula is C53H84NO14P. The van der Waals surface area contributed by atoms with Gasteiger partial charge in [-0.05, 0) is 107 Å². The first-order chi connectivity index (χ1) is 32.4. The fraction of sp³-hybridized carbons (Fsp3) is 0.755. The van der Waals surface area contributed by atoms with Crippen LogP contribution < -0.4 is 0 Å². The van der Waals surface area contributed by atoms with E-state index in [9.17, 15) is 38.8 Å². The van der Waals surface area contributed by atoms with Crippen molar-refractivity contribution in [2.45, 2.75) is 180 Å². The highest BCUT2D eigenvalue weighted by atomic mass is 31.2. The normalized spacial score (nSPS) is 38.3. The molecule has 3 fully saturated rings. The molecule has 1 aliphatic carbocycles. The molecule has 390 valence electrons. The second-order valence-corrected chi connectivity index (χ2v) is 23.6. The van der Waals surface area contributed by atoms with Crippen LogP contribution in [0.2, 0.25) is 0 Å². The number of ether oxygens (including phenoxy) is 5. The number of piperidine rings is 1. The predicted octanol–water partition coefficient (Wildman–Crippen LogP) is 7.74. The number of esters is 1. The van der Waals surface area contributed by atoms with Gasteiger partial charge in [-0.1, -0.05) is 71.1 Å². The number of Topliss-reactive ketones (excluding diaryl/α,β-unsaturated/α-hetero) is 3. The summed E-state index contributed by atoms with van der Waals surface area (Å²) in [5.74, 6) is -8.11. The Morgan fingerprint density at radius 2 is 1.57 bits per heavy atom. The molecule has 4 aliphatic rings. The van der Waals surface area contributed by atoms with Crippen LogP contribution in [0.4, 0.5) is 0 Å². The molecule has 0 aromatic rings. The van der Waals surface area contributed by atoms with Crippen molar-refractivity contribution in [2.75, 3.05) is 41.2 Å². The van der Waals surface area contributed by atoms with Gasteiger partial charge in [0, 0.05) is 71.8 Å². The van der Waals surface area contributed by atoms with E-state index in [2.05, 4.69) is 0 Å². The quantitative estimate of drug-likeness (QED) is 0.104. The number of cyclic esters (lactones) is 1. The van der Waals surface area contributed by atoms with E-state index in [1.54, 1.807) is 54.4 Å². The topological polar surface area (TPSA) is 201 Å². The van der Waals surface area contributed by atoms with Gasteiger partial charge in [0.1, 0.15) is 30.1 Å². The Bertz CT molecular complexity index is 1940. The maximum atomic E-state index is 14.5. The Morgan fingerprint density at radius 3 is 2.22 bits per heavy atom. The lowest BCUT2D eigenvalue weighted by Crippen LogP contribution is -2.61. The molecule has 0 spiro atoms. The zero-order valence-electron chi connectivity index (χ0n) is 43.4. The number of nitrogens with zero attached hydrogens (tertiary/aromatic N) is 1. The van der Waals surface area contributed by atoms with Gasteiger partial charge >= 0.3 is 5.97 Å². The monoisotopic (exact) mass is 990 g/mol. The third kappa shape index (κ3) is 16.2. The number of carbonyl (C=O) groups excluding carboxylic acids is 5. The highest BCUT2D eigenvalue weighted by molar-refractivity contribution is 7.57. The third-order valence-corrected chi connectivity index (χ3v) is 15.6. The molecule has 0 aromatic heterocycles. The van der Waals surface area contributed by atoms with Crippen molar-refractivity contribution in [1.82, 2.24) is 4.90 Å². The van der Waals surface area contributed by atoms with Crippen LogP contribution >= 0.6 is 7.37 Å². The number of hydrogen-bond donors (Lipinski definition) is 2. The molecular weight excluding hydrogens is 906 g/mol. The summed E-state index contributed by atoms with van der Waals surface area (Å²) in [4.78, 5) is 72.2. The van der Waals surface area contributed by atoms with Crippen LogP contribution in [0.15, 0.2) is 47.6 Å². The smallest absolute Gasteiger partial charge is 0.329 e. The highest BCUT2D eigenvalue weighted by Gasteiger charge is 2.53. The van der Waals surface area contributed by atoms with Gasteiger partial charge in [0.05, 0.1) is 24.4 Å². The van der Waals surface area contributed by atoms with E-state index in [4.69, 9.17) is 28.2 Å². The molecule has 0 radical (unpaired) electrons. The lowest BCUT2D eigenvalue weighted by Gasteiger charge is -2.42. The molecule has 2 N–H and O–H groups in total. The van der Waals surface area contributed by atoms with Gasteiger partial charge in [-0.3, -0.25) is 23.7 Å². The van der Waals surface area contributed by atoms with Gasteiger partial charge in [0.25, 0.3) is 11.7 Å². The van der Waals surface area contributed by atoms with Crippen molar-refractivity contribution in [3.8, 4) is 0 Å². The minimum absolute atomic E-state index is 0.0117. The van der Waals surface area contributed by atoms with E-state index in [-0.39, 0.29) is 60.9 Å². The van der Waals surface area contributed by atoms with Crippen LogP contribution in [0.3, 0.4) is 0 Å². The van der Waals surface area contributed by atoms with E-state index < -0.39 is 85.1 Å². The van der Waals surface area contributed by atoms with Crippen molar-refractivity contribution in [3.05, 3.63) is 47.6 Å². The summed E-state index contributed by atoms with van der Waals surface area (Å²) >= 11 is 0. The summed E-state index contributed by atoms with van der Waals surface area (Å²) in [6, 6.07) is -1.16.